The van der Waals surface area contributed by atoms with Gasteiger partial charge in [0.05, 0.1) is 24.6 Å². The number of carbonyl (C=O) groups excluding carboxylic acids is 2. The van der Waals surface area contributed by atoms with Crippen molar-refractivity contribution in [1.82, 2.24) is 24.8 Å². The topological polar surface area (TPSA) is 131 Å². The number of hydrogen-bond acceptors (Lipinski definition) is 7. The SMILES string of the molecule is CN(C)CCCN(C)C(=O)c1cc(N(C(=O)c2cc(NCCO)c[nH]2)N(C)CCO)c[nH]1.Cl. The fourth-order valence-corrected chi connectivity index (χ4v) is 3.21. The van der Waals surface area contributed by atoms with Crippen LogP contribution in [0.15, 0.2) is 24.5 Å². The number of aromatic amines is 2. The number of hydrazine groups is 1. The first-order valence-corrected chi connectivity index (χ1v) is 10.6. The average Bonchev–Trinajstić information content (AvgIpc) is 3.41. The molecule has 33 heavy (non-hydrogen) atoms. The number of aliphatic hydroxyl groups is 2. The van der Waals surface area contributed by atoms with Gasteiger partial charge < -0.3 is 35.3 Å². The Balaban J connectivity index is 0.00000544. The Bertz CT molecular complexity index is 870. The van der Waals surface area contributed by atoms with Crippen LogP contribution >= 0.6 is 12.4 Å². The van der Waals surface area contributed by atoms with E-state index in [1.165, 1.54) is 5.01 Å². The standard InChI is InChI=1S/C21H35N7O4.ClH/c1-25(2)7-5-8-26(3)20(31)19-13-17(15-24-19)28(27(4)9-11-30)21(32)18-12-16(14-23-18)22-6-10-29;/h12-15,22-24,29-30H,5-11H2,1-4H3;1H. The Hall–Kier alpha value is -2.57. The predicted octanol–water partition coefficient (Wildman–Crippen LogP) is 0.678. The summed E-state index contributed by atoms with van der Waals surface area (Å²) in [6, 6.07) is 3.28. The number of rotatable bonds is 13. The van der Waals surface area contributed by atoms with E-state index in [0.717, 1.165) is 13.0 Å². The first-order chi connectivity index (χ1) is 15.3. The van der Waals surface area contributed by atoms with Gasteiger partial charge >= 0.3 is 0 Å². The maximum atomic E-state index is 13.2. The Labute approximate surface area is 200 Å². The number of likely N-dealkylation sites (N-methyl/N-ethyl adjacent to an activating group) is 1. The molecule has 2 heterocycles. The molecule has 0 radical (unpaired) electrons. The lowest BCUT2D eigenvalue weighted by Crippen LogP contribution is -2.45. The average molecular weight is 486 g/mol. The molecule has 0 aromatic carbocycles. The van der Waals surface area contributed by atoms with Crippen molar-refractivity contribution in [3.63, 3.8) is 0 Å². The van der Waals surface area contributed by atoms with Crippen molar-refractivity contribution in [1.29, 1.82) is 0 Å². The number of carbonyl (C=O) groups is 2. The van der Waals surface area contributed by atoms with Crippen molar-refractivity contribution in [2.75, 3.05) is 77.9 Å². The largest absolute Gasteiger partial charge is 0.395 e. The summed E-state index contributed by atoms with van der Waals surface area (Å²) in [6.07, 6.45) is 4.09. The van der Waals surface area contributed by atoms with E-state index in [-0.39, 0.29) is 44.0 Å². The number of aliphatic hydroxyl groups excluding tert-OH is 2. The molecule has 11 nitrogen and oxygen atoms in total. The number of aromatic nitrogens is 2. The molecule has 2 aromatic rings. The second-order valence-electron chi connectivity index (χ2n) is 7.83. The highest BCUT2D eigenvalue weighted by molar-refractivity contribution is 6.05. The van der Waals surface area contributed by atoms with Crippen LogP contribution in [0.5, 0.6) is 0 Å². The fourth-order valence-electron chi connectivity index (χ4n) is 3.21. The number of hydrogen-bond donors (Lipinski definition) is 5. The summed E-state index contributed by atoms with van der Waals surface area (Å²) in [5, 5.41) is 24.3. The molecule has 0 bridgehead atoms. The summed E-state index contributed by atoms with van der Waals surface area (Å²) in [5.41, 5.74) is 1.86. The molecule has 0 aliphatic rings. The fraction of sp³-hybridized carbons (Fsp3) is 0.524. The van der Waals surface area contributed by atoms with Crippen molar-refractivity contribution < 1.29 is 19.8 Å². The summed E-state index contributed by atoms with van der Waals surface area (Å²) in [5.74, 6) is -0.516. The van der Waals surface area contributed by atoms with Gasteiger partial charge in [-0.2, -0.15) is 0 Å². The van der Waals surface area contributed by atoms with E-state index >= 15 is 0 Å². The summed E-state index contributed by atoms with van der Waals surface area (Å²) in [4.78, 5) is 35.6. The third kappa shape index (κ3) is 8.06. The monoisotopic (exact) mass is 485 g/mol. The zero-order valence-corrected chi connectivity index (χ0v) is 20.5. The van der Waals surface area contributed by atoms with Gasteiger partial charge in [-0.25, -0.2) is 10.0 Å². The Morgan fingerprint density at radius 2 is 1.58 bits per heavy atom. The van der Waals surface area contributed by atoms with E-state index in [4.69, 9.17) is 5.11 Å². The molecular formula is C21H36ClN7O4. The summed E-state index contributed by atoms with van der Waals surface area (Å²) in [6.45, 7) is 1.92. The van der Waals surface area contributed by atoms with E-state index < -0.39 is 0 Å². The van der Waals surface area contributed by atoms with Crippen LogP contribution in [0.3, 0.4) is 0 Å². The number of amides is 2. The van der Waals surface area contributed by atoms with E-state index in [2.05, 4.69) is 20.2 Å². The van der Waals surface area contributed by atoms with Gasteiger partial charge in [-0.15, -0.1) is 12.4 Å². The number of halogens is 1. The molecule has 12 heteroatoms. The third-order valence-corrected chi connectivity index (χ3v) is 4.90. The highest BCUT2D eigenvalue weighted by Gasteiger charge is 2.25. The van der Waals surface area contributed by atoms with Crippen molar-refractivity contribution in [2.45, 2.75) is 6.42 Å². The zero-order valence-electron chi connectivity index (χ0n) is 19.7. The summed E-state index contributed by atoms with van der Waals surface area (Å²) >= 11 is 0. The van der Waals surface area contributed by atoms with Crippen LogP contribution < -0.4 is 10.3 Å². The molecule has 0 unspecified atom stereocenters. The quantitative estimate of drug-likeness (QED) is 0.264. The lowest BCUT2D eigenvalue weighted by atomic mass is 10.3. The maximum Gasteiger partial charge on any atom is 0.289 e. The van der Waals surface area contributed by atoms with E-state index in [9.17, 15) is 14.7 Å². The van der Waals surface area contributed by atoms with Gasteiger partial charge in [0.15, 0.2) is 0 Å². The Morgan fingerprint density at radius 1 is 0.909 bits per heavy atom. The molecule has 5 N–H and O–H groups in total. The van der Waals surface area contributed by atoms with Gasteiger partial charge in [0.1, 0.15) is 11.4 Å². The highest BCUT2D eigenvalue weighted by Crippen LogP contribution is 2.22. The van der Waals surface area contributed by atoms with Crippen LogP contribution in [0.4, 0.5) is 11.4 Å². The molecule has 186 valence electrons. The number of nitrogens with one attached hydrogen (secondary N) is 3. The lowest BCUT2D eigenvalue weighted by molar-refractivity contribution is 0.0784. The van der Waals surface area contributed by atoms with Crippen LogP contribution in [0.25, 0.3) is 0 Å². The predicted molar refractivity (Wildman–Crippen MR) is 131 cm³/mol. The van der Waals surface area contributed by atoms with Gasteiger partial charge in [-0.05, 0) is 39.2 Å². The van der Waals surface area contributed by atoms with Gasteiger partial charge in [0.2, 0.25) is 0 Å². The van der Waals surface area contributed by atoms with Gasteiger partial charge in [0, 0.05) is 46.1 Å². The molecule has 0 fully saturated rings. The molecule has 0 saturated heterocycles. The first kappa shape index (κ1) is 28.5. The van der Waals surface area contributed by atoms with E-state index in [0.29, 0.717) is 35.9 Å². The molecule has 2 rings (SSSR count). The molecule has 0 aliphatic carbocycles. The second kappa shape index (κ2) is 13.9. The van der Waals surface area contributed by atoms with Crippen LogP contribution in [0.2, 0.25) is 0 Å². The normalized spacial score (nSPS) is 10.9. The minimum Gasteiger partial charge on any atom is -0.395 e. The minimum absolute atomic E-state index is 0. The van der Waals surface area contributed by atoms with Crippen LogP contribution in [0, 0.1) is 0 Å². The van der Waals surface area contributed by atoms with Crippen molar-refractivity contribution >= 4 is 35.6 Å². The third-order valence-electron chi connectivity index (χ3n) is 4.90. The van der Waals surface area contributed by atoms with Gasteiger partial charge in [-0.1, -0.05) is 0 Å². The van der Waals surface area contributed by atoms with Gasteiger partial charge in [0.25, 0.3) is 11.8 Å². The van der Waals surface area contributed by atoms with Crippen LogP contribution in [0.1, 0.15) is 27.4 Å². The lowest BCUT2D eigenvalue weighted by Gasteiger charge is -2.30. The first-order valence-electron chi connectivity index (χ1n) is 10.6. The molecular weight excluding hydrogens is 450 g/mol. The molecule has 0 spiro atoms. The number of anilines is 2. The molecule has 0 atom stereocenters. The second-order valence-corrected chi connectivity index (χ2v) is 7.83. The molecule has 0 saturated carbocycles. The van der Waals surface area contributed by atoms with Crippen molar-refractivity contribution in [3.8, 4) is 0 Å². The molecule has 2 aromatic heterocycles. The van der Waals surface area contributed by atoms with Crippen molar-refractivity contribution in [2.24, 2.45) is 0 Å². The number of nitrogens with zero attached hydrogens (tertiary/aromatic N) is 4. The maximum absolute atomic E-state index is 13.2. The van der Waals surface area contributed by atoms with Gasteiger partial charge in [-0.3, -0.25) is 9.59 Å². The Morgan fingerprint density at radius 3 is 2.21 bits per heavy atom. The summed E-state index contributed by atoms with van der Waals surface area (Å²) in [7, 11) is 7.41. The van der Waals surface area contributed by atoms with E-state index in [1.807, 2.05) is 14.1 Å². The Kier molecular flexibility index (Phi) is 12.0. The van der Waals surface area contributed by atoms with Crippen LogP contribution in [-0.2, 0) is 0 Å². The van der Waals surface area contributed by atoms with Crippen LogP contribution in [-0.4, -0.2) is 114 Å². The molecule has 2 amide bonds. The van der Waals surface area contributed by atoms with Crippen molar-refractivity contribution in [3.05, 3.63) is 35.9 Å². The molecule has 0 aliphatic heterocycles. The minimum atomic E-state index is -0.352. The number of H-pyrrole nitrogens is 2. The highest BCUT2D eigenvalue weighted by atomic mass is 35.5. The smallest absolute Gasteiger partial charge is 0.289 e. The van der Waals surface area contributed by atoms with E-state index in [1.54, 1.807) is 48.5 Å². The zero-order chi connectivity index (χ0) is 23.7. The summed E-state index contributed by atoms with van der Waals surface area (Å²) < 4.78 is 0.